The molecule has 5 heteroatoms. The van der Waals surface area contributed by atoms with Gasteiger partial charge in [0.05, 0.1) is 0 Å². The van der Waals surface area contributed by atoms with Crippen molar-refractivity contribution in [2.45, 2.75) is 44.4 Å². The molecule has 0 saturated carbocycles. The first kappa shape index (κ1) is 15.7. The van der Waals surface area contributed by atoms with Crippen LogP contribution in [0.5, 0.6) is 0 Å². The zero-order valence-electron chi connectivity index (χ0n) is 10.5. The molecule has 0 bridgehead atoms. The molecule has 0 fully saturated rings. The van der Waals surface area contributed by atoms with Crippen molar-refractivity contribution in [2.75, 3.05) is 18.9 Å². The quantitative estimate of drug-likeness (QED) is 0.562. The Balaban J connectivity index is 4.16. The number of amides is 1. The molecule has 2 unspecified atom stereocenters. The van der Waals surface area contributed by atoms with Gasteiger partial charge in [0.25, 0.3) is 0 Å². The van der Waals surface area contributed by atoms with Crippen molar-refractivity contribution in [3.8, 4) is 0 Å². The van der Waals surface area contributed by atoms with Gasteiger partial charge >= 0.3 is 0 Å². The minimum Gasteiger partial charge on any atom is -0.396 e. The molecule has 0 aromatic rings. The maximum Gasteiger partial charge on any atom is 0.238 e. The second-order valence-corrected chi connectivity index (χ2v) is 5.68. The fourth-order valence-corrected chi connectivity index (χ4v) is 2.32. The first-order valence-corrected chi connectivity index (χ1v) is 6.78. The van der Waals surface area contributed by atoms with E-state index < -0.39 is 5.54 Å². The van der Waals surface area contributed by atoms with E-state index in [1.807, 2.05) is 13.8 Å². The molecule has 0 aromatic heterocycles. The third-order valence-corrected chi connectivity index (χ3v) is 4.05. The first-order chi connectivity index (χ1) is 7.46. The van der Waals surface area contributed by atoms with Crippen LogP contribution in [0.3, 0.4) is 0 Å². The third-order valence-electron chi connectivity index (χ3n) is 2.50. The fraction of sp³-hybridized carbons (Fsp3) is 0.909. The molecule has 0 spiro atoms. The molecular formula is C11H24N2O2S. The Morgan fingerprint density at radius 1 is 1.62 bits per heavy atom. The van der Waals surface area contributed by atoms with Crippen LogP contribution in [-0.2, 0) is 4.79 Å². The molecule has 2 atom stereocenters. The van der Waals surface area contributed by atoms with Crippen LogP contribution in [0, 0.1) is 0 Å². The number of thioether (sulfide) groups is 1. The second-order valence-electron chi connectivity index (χ2n) is 4.26. The summed E-state index contributed by atoms with van der Waals surface area (Å²) in [4.78, 5) is 11.4. The highest BCUT2D eigenvalue weighted by molar-refractivity contribution is 8.00. The summed E-state index contributed by atoms with van der Waals surface area (Å²) in [5.74, 6) is 0.327. The number of primary amides is 1. The minimum atomic E-state index is -0.648. The molecule has 0 aliphatic carbocycles. The van der Waals surface area contributed by atoms with Crippen LogP contribution in [0.4, 0.5) is 0 Å². The Hall–Kier alpha value is -0.260. The van der Waals surface area contributed by atoms with Gasteiger partial charge in [0.1, 0.15) is 5.54 Å². The highest BCUT2D eigenvalue weighted by Gasteiger charge is 2.30. The van der Waals surface area contributed by atoms with Crippen LogP contribution in [0.25, 0.3) is 0 Å². The lowest BCUT2D eigenvalue weighted by Gasteiger charge is -2.28. The maximum absolute atomic E-state index is 11.4. The summed E-state index contributed by atoms with van der Waals surface area (Å²) in [5, 5.41) is 12.3. The Morgan fingerprint density at radius 2 is 2.25 bits per heavy atom. The van der Waals surface area contributed by atoms with Gasteiger partial charge in [0, 0.05) is 17.6 Å². The Kier molecular flexibility index (Phi) is 7.80. The smallest absolute Gasteiger partial charge is 0.238 e. The molecule has 0 rings (SSSR count). The van der Waals surface area contributed by atoms with E-state index in [0.29, 0.717) is 11.0 Å². The number of aliphatic hydroxyl groups excluding tert-OH is 1. The van der Waals surface area contributed by atoms with Crippen molar-refractivity contribution in [2.24, 2.45) is 5.73 Å². The summed E-state index contributed by atoms with van der Waals surface area (Å²) < 4.78 is 0. The van der Waals surface area contributed by atoms with Crippen LogP contribution in [0.2, 0.25) is 0 Å². The number of carbonyl (C=O) groups is 1. The molecule has 4 nitrogen and oxygen atoms in total. The lowest BCUT2D eigenvalue weighted by molar-refractivity contribution is -0.122. The van der Waals surface area contributed by atoms with Gasteiger partial charge in [-0.25, -0.2) is 0 Å². The lowest BCUT2D eigenvalue weighted by atomic mass is 10.0. The van der Waals surface area contributed by atoms with Gasteiger partial charge in [-0.15, -0.1) is 0 Å². The number of aliphatic hydroxyl groups is 1. The fourth-order valence-electron chi connectivity index (χ4n) is 1.18. The van der Waals surface area contributed by atoms with Gasteiger partial charge in [0.15, 0.2) is 0 Å². The normalized spacial score (nSPS) is 16.8. The van der Waals surface area contributed by atoms with E-state index in [4.69, 9.17) is 10.8 Å². The monoisotopic (exact) mass is 248 g/mol. The Morgan fingerprint density at radius 3 is 2.69 bits per heavy atom. The molecule has 96 valence electrons. The summed E-state index contributed by atoms with van der Waals surface area (Å²) in [6.45, 7) is 6.90. The molecule has 0 saturated heterocycles. The summed E-state index contributed by atoms with van der Waals surface area (Å²) in [7, 11) is 0. The van der Waals surface area contributed by atoms with Crippen molar-refractivity contribution in [3.05, 3.63) is 0 Å². The highest BCUT2D eigenvalue weighted by atomic mass is 32.2. The van der Waals surface area contributed by atoms with Crippen molar-refractivity contribution in [3.63, 3.8) is 0 Å². The van der Waals surface area contributed by atoms with Crippen LogP contribution in [-0.4, -0.2) is 40.7 Å². The Bertz CT molecular complexity index is 214. The first-order valence-electron chi connectivity index (χ1n) is 5.73. The van der Waals surface area contributed by atoms with Gasteiger partial charge in [-0.05, 0) is 26.3 Å². The molecule has 0 aromatic carbocycles. The topological polar surface area (TPSA) is 75.3 Å². The minimum absolute atomic E-state index is 0.184. The number of nitrogens with two attached hydrogens (primary N) is 1. The number of hydrogen-bond donors (Lipinski definition) is 3. The van der Waals surface area contributed by atoms with E-state index in [0.717, 1.165) is 19.4 Å². The summed E-state index contributed by atoms with van der Waals surface area (Å²) in [5.41, 5.74) is 4.76. The van der Waals surface area contributed by atoms with E-state index in [1.165, 1.54) is 0 Å². The third kappa shape index (κ3) is 5.72. The van der Waals surface area contributed by atoms with Gasteiger partial charge in [0.2, 0.25) is 5.91 Å². The average molecular weight is 248 g/mol. The standard InChI is InChI=1S/C11H24N2O2S/c1-4-6-13-11(3,10(12)15)8-16-9(2)5-7-14/h9,13-14H,4-8H2,1-3H3,(H2,12,15). The van der Waals surface area contributed by atoms with E-state index >= 15 is 0 Å². The van der Waals surface area contributed by atoms with Gasteiger partial charge in [-0.3, -0.25) is 4.79 Å². The predicted octanol–water partition coefficient (Wildman–Crippen LogP) is 0.734. The van der Waals surface area contributed by atoms with E-state index in [1.54, 1.807) is 11.8 Å². The van der Waals surface area contributed by atoms with E-state index in [9.17, 15) is 4.79 Å². The van der Waals surface area contributed by atoms with Gasteiger partial charge in [-0.2, -0.15) is 11.8 Å². The number of rotatable bonds is 9. The predicted molar refractivity (Wildman–Crippen MR) is 69.5 cm³/mol. The zero-order chi connectivity index (χ0) is 12.6. The molecule has 0 aliphatic heterocycles. The molecule has 16 heavy (non-hydrogen) atoms. The van der Waals surface area contributed by atoms with Gasteiger partial charge in [-0.1, -0.05) is 13.8 Å². The molecule has 0 aliphatic rings. The second kappa shape index (κ2) is 7.92. The molecule has 0 heterocycles. The summed E-state index contributed by atoms with van der Waals surface area (Å²) in [6.07, 6.45) is 1.72. The van der Waals surface area contributed by atoms with Crippen LogP contribution < -0.4 is 11.1 Å². The van der Waals surface area contributed by atoms with E-state index in [2.05, 4.69) is 12.2 Å². The Labute approximate surface area is 102 Å². The molecule has 0 radical (unpaired) electrons. The van der Waals surface area contributed by atoms with E-state index in [-0.39, 0.29) is 12.5 Å². The van der Waals surface area contributed by atoms with Crippen molar-refractivity contribution in [1.29, 1.82) is 0 Å². The average Bonchev–Trinajstić information content (AvgIpc) is 2.24. The van der Waals surface area contributed by atoms with Crippen molar-refractivity contribution in [1.82, 2.24) is 5.32 Å². The zero-order valence-corrected chi connectivity index (χ0v) is 11.3. The number of carbonyl (C=O) groups excluding carboxylic acids is 1. The molecular weight excluding hydrogens is 224 g/mol. The molecule has 1 amide bonds. The SMILES string of the molecule is CCCNC(C)(CSC(C)CCO)C(N)=O. The van der Waals surface area contributed by atoms with Crippen LogP contribution in [0.1, 0.15) is 33.6 Å². The summed E-state index contributed by atoms with van der Waals surface area (Å²) >= 11 is 1.66. The summed E-state index contributed by atoms with van der Waals surface area (Å²) in [6, 6.07) is 0. The van der Waals surface area contributed by atoms with Crippen LogP contribution >= 0.6 is 11.8 Å². The maximum atomic E-state index is 11.4. The largest absolute Gasteiger partial charge is 0.396 e. The van der Waals surface area contributed by atoms with Crippen molar-refractivity contribution < 1.29 is 9.90 Å². The van der Waals surface area contributed by atoms with Gasteiger partial charge < -0.3 is 16.2 Å². The number of nitrogens with one attached hydrogen (secondary N) is 1. The van der Waals surface area contributed by atoms with Crippen molar-refractivity contribution >= 4 is 17.7 Å². The highest BCUT2D eigenvalue weighted by Crippen LogP contribution is 2.20. The number of hydrogen-bond acceptors (Lipinski definition) is 4. The van der Waals surface area contributed by atoms with Crippen LogP contribution in [0.15, 0.2) is 0 Å². The molecule has 4 N–H and O–H groups in total. The lowest BCUT2D eigenvalue weighted by Crippen LogP contribution is -2.55.